The van der Waals surface area contributed by atoms with Gasteiger partial charge in [-0.1, -0.05) is 22.0 Å². The molecule has 29 heavy (non-hydrogen) atoms. The topological polar surface area (TPSA) is 66.0 Å². The summed E-state index contributed by atoms with van der Waals surface area (Å²) in [4.78, 5) is 12.5. The maximum absolute atomic E-state index is 12.5. The van der Waals surface area contributed by atoms with Gasteiger partial charge in [0.25, 0.3) is 0 Å². The van der Waals surface area contributed by atoms with Crippen molar-refractivity contribution in [1.82, 2.24) is 5.32 Å². The van der Waals surface area contributed by atoms with Gasteiger partial charge in [0.05, 0.1) is 33.7 Å². The van der Waals surface area contributed by atoms with Crippen LogP contribution < -0.4 is 24.3 Å². The number of hydrogen-bond acceptors (Lipinski definition) is 6. The van der Waals surface area contributed by atoms with E-state index in [4.69, 9.17) is 18.9 Å². The van der Waals surface area contributed by atoms with Crippen molar-refractivity contribution in [3.05, 3.63) is 45.9 Å². The van der Waals surface area contributed by atoms with Gasteiger partial charge < -0.3 is 24.3 Å². The highest BCUT2D eigenvalue weighted by molar-refractivity contribution is 9.10. The Labute approximate surface area is 184 Å². The van der Waals surface area contributed by atoms with Crippen molar-refractivity contribution in [3.8, 4) is 23.0 Å². The first-order valence-corrected chi connectivity index (χ1v) is 10.8. The number of carbonyl (C=O) groups is 1. The van der Waals surface area contributed by atoms with Crippen molar-refractivity contribution in [1.29, 1.82) is 0 Å². The molecule has 0 bridgehead atoms. The Morgan fingerprint density at radius 1 is 0.966 bits per heavy atom. The molecule has 6 nitrogen and oxygen atoms in total. The van der Waals surface area contributed by atoms with Crippen LogP contribution in [0.3, 0.4) is 0 Å². The van der Waals surface area contributed by atoms with Gasteiger partial charge in [-0.05, 0) is 42.3 Å². The second-order valence-electron chi connectivity index (χ2n) is 6.16. The summed E-state index contributed by atoms with van der Waals surface area (Å²) in [6, 6.07) is 9.38. The highest BCUT2D eigenvalue weighted by atomic mass is 79.9. The van der Waals surface area contributed by atoms with Crippen LogP contribution in [0, 0.1) is 0 Å². The number of amides is 1. The van der Waals surface area contributed by atoms with Gasteiger partial charge in [-0.3, -0.25) is 4.79 Å². The molecule has 0 aliphatic heterocycles. The molecule has 1 amide bonds. The molecule has 2 aromatic carbocycles. The number of carbonyl (C=O) groups excluding carboxylic acids is 1. The van der Waals surface area contributed by atoms with E-state index in [-0.39, 0.29) is 11.2 Å². The summed E-state index contributed by atoms with van der Waals surface area (Å²) in [5.74, 6) is 3.25. The Morgan fingerprint density at radius 3 is 2.17 bits per heavy atom. The fourth-order valence-corrected chi connectivity index (χ4v) is 4.17. The lowest BCUT2D eigenvalue weighted by Gasteiger charge is -2.15. The van der Waals surface area contributed by atoms with Gasteiger partial charge in [-0.25, -0.2) is 0 Å². The van der Waals surface area contributed by atoms with Gasteiger partial charge >= 0.3 is 0 Å². The van der Waals surface area contributed by atoms with E-state index in [2.05, 4.69) is 21.2 Å². The Kier molecular flexibility index (Phi) is 8.98. The highest BCUT2D eigenvalue weighted by Crippen LogP contribution is 2.35. The third-order valence-electron chi connectivity index (χ3n) is 4.33. The molecule has 1 atom stereocenters. The first-order chi connectivity index (χ1) is 13.9. The minimum atomic E-state index is -0.213. The van der Waals surface area contributed by atoms with Crippen molar-refractivity contribution < 1.29 is 23.7 Å². The Bertz CT molecular complexity index is 846. The molecule has 0 spiro atoms. The van der Waals surface area contributed by atoms with Gasteiger partial charge in [-0.2, -0.15) is 0 Å². The Morgan fingerprint density at radius 2 is 1.55 bits per heavy atom. The molecular formula is C21H26BrNO5S. The van der Waals surface area contributed by atoms with E-state index in [1.165, 1.54) is 0 Å². The highest BCUT2D eigenvalue weighted by Gasteiger charge is 2.16. The summed E-state index contributed by atoms with van der Waals surface area (Å²) >= 11 is 5.10. The van der Waals surface area contributed by atoms with Crippen molar-refractivity contribution in [2.24, 2.45) is 0 Å². The third kappa shape index (κ3) is 6.21. The van der Waals surface area contributed by atoms with Crippen molar-refractivity contribution in [3.63, 3.8) is 0 Å². The molecule has 1 unspecified atom stereocenters. The largest absolute Gasteiger partial charge is 0.493 e. The van der Waals surface area contributed by atoms with Crippen molar-refractivity contribution in [2.75, 3.05) is 28.4 Å². The van der Waals surface area contributed by atoms with E-state index < -0.39 is 0 Å². The summed E-state index contributed by atoms with van der Waals surface area (Å²) < 4.78 is 22.1. The Balaban J connectivity index is 1.93. The quantitative estimate of drug-likeness (QED) is 0.539. The van der Waals surface area contributed by atoms with Crippen LogP contribution in [0.4, 0.5) is 0 Å². The lowest BCUT2D eigenvalue weighted by molar-refractivity contribution is -0.120. The van der Waals surface area contributed by atoms with Crippen LogP contribution in [0.25, 0.3) is 0 Å². The fraction of sp³-hybridized carbons (Fsp3) is 0.381. The smallest absolute Gasteiger partial charge is 0.233 e. The van der Waals surface area contributed by atoms with Crippen molar-refractivity contribution >= 4 is 33.6 Å². The summed E-state index contributed by atoms with van der Waals surface area (Å²) in [7, 11) is 6.39. The molecule has 0 aliphatic carbocycles. The van der Waals surface area contributed by atoms with Crippen LogP contribution in [-0.2, 0) is 17.1 Å². The molecule has 0 aromatic heterocycles. The van der Waals surface area contributed by atoms with Crippen LogP contribution in [0.1, 0.15) is 18.1 Å². The predicted molar refractivity (Wildman–Crippen MR) is 119 cm³/mol. The van der Waals surface area contributed by atoms with E-state index in [1.807, 2.05) is 37.3 Å². The summed E-state index contributed by atoms with van der Waals surface area (Å²) in [6.45, 7) is 2.31. The van der Waals surface area contributed by atoms with Gasteiger partial charge in [-0.15, -0.1) is 11.8 Å². The minimum Gasteiger partial charge on any atom is -0.493 e. The van der Waals surface area contributed by atoms with Crippen LogP contribution >= 0.6 is 27.7 Å². The molecule has 0 aliphatic rings. The fourth-order valence-electron chi connectivity index (χ4n) is 2.62. The average molecular weight is 484 g/mol. The number of methoxy groups -OCH3 is 4. The number of thioether (sulfide) groups is 1. The first-order valence-electron chi connectivity index (χ1n) is 8.94. The molecule has 0 fully saturated rings. The standard InChI is InChI=1S/C21H26BrNO5S/c1-13(29-12-15-9-19(27-4)20(28-5)10-16(15)22)21(24)23-11-14-6-7-17(25-2)18(8-14)26-3/h6-10,13H,11-12H2,1-5H3,(H,23,24). The van der Waals surface area contributed by atoms with E-state index in [0.717, 1.165) is 15.6 Å². The average Bonchev–Trinajstić information content (AvgIpc) is 2.75. The van der Waals surface area contributed by atoms with Gasteiger partial charge in [0.2, 0.25) is 5.91 Å². The third-order valence-corrected chi connectivity index (χ3v) is 6.26. The van der Waals surface area contributed by atoms with E-state index in [1.54, 1.807) is 40.2 Å². The number of nitrogens with one attached hydrogen (secondary N) is 1. The van der Waals surface area contributed by atoms with Gasteiger partial charge in [0.1, 0.15) is 0 Å². The lowest BCUT2D eigenvalue weighted by Crippen LogP contribution is -2.30. The number of rotatable bonds is 10. The molecule has 8 heteroatoms. The molecular weight excluding hydrogens is 458 g/mol. The van der Waals surface area contributed by atoms with E-state index in [0.29, 0.717) is 35.3 Å². The molecule has 0 radical (unpaired) electrons. The normalized spacial score (nSPS) is 11.5. The van der Waals surface area contributed by atoms with Gasteiger partial charge in [0, 0.05) is 16.8 Å². The second kappa shape index (κ2) is 11.2. The molecule has 0 saturated carbocycles. The number of hydrogen-bond donors (Lipinski definition) is 1. The lowest BCUT2D eigenvalue weighted by atomic mass is 10.2. The van der Waals surface area contributed by atoms with Crippen LogP contribution in [0.5, 0.6) is 23.0 Å². The second-order valence-corrected chi connectivity index (χ2v) is 8.34. The van der Waals surface area contributed by atoms with Crippen LogP contribution in [0.15, 0.2) is 34.8 Å². The SMILES string of the molecule is COc1ccc(CNC(=O)C(C)SCc2cc(OC)c(OC)cc2Br)cc1OC. The van der Waals surface area contributed by atoms with E-state index in [9.17, 15) is 4.79 Å². The summed E-state index contributed by atoms with van der Waals surface area (Å²) in [5, 5.41) is 2.75. The van der Waals surface area contributed by atoms with Gasteiger partial charge in [0.15, 0.2) is 23.0 Å². The zero-order valence-corrected chi connectivity index (χ0v) is 19.6. The maximum atomic E-state index is 12.5. The molecule has 0 heterocycles. The van der Waals surface area contributed by atoms with Crippen LogP contribution in [-0.4, -0.2) is 39.6 Å². The minimum absolute atomic E-state index is 0.0265. The monoisotopic (exact) mass is 483 g/mol. The molecule has 1 N–H and O–H groups in total. The predicted octanol–water partition coefficient (Wildman–Crippen LogP) is 4.42. The zero-order chi connectivity index (χ0) is 21.4. The molecule has 2 rings (SSSR count). The zero-order valence-electron chi connectivity index (χ0n) is 17.2. The van der Waals surface area contributed by atoms with E-state index >= 15 is 0 Å². The number of ether oxygens (including phenoxy) is 4. The molecule has 2 aromatic rings. The van der Waals surface area contributed by atoms with Crippen molar-refractivity contribution in [2.45, 2.75) is 24.5 Å². The Hall–Kier alpha value is -2.06. The first kappa shape index (κ1) is 23.2. The number of benzene rings is 2. The molecule has 158 valence electrons. The maximum Gasteiger partial charge on any atom is 0.233 e. The summed E-state index contributed by atoms with van der Waals surface area (Å²) in [6.07, 6.45) is 0. The molecule has 0 saturated heterocycles. The number of halogens is 1. The van der Waals surface area contributed by atoms with Crippen LogP contribution in [0.2, 0.25) is 0 Å². The summed E-state index contributed by atoms with van der Waals surface area (Å²) in [5.41, 5.74) is 1.98.